The number of ketones is 1. The lowest BCUT2D eigenvalue weighted by Crippen LogP contribution is -2.36. The minimum absolute atomic E-state index is 0.103. The van der Waals surface area contributed by atoms with Crippen LogP contribution in [0.5, 0.6) is 0 Å². The van der Waals surface area contributed by atoms with Gasteiger partial charge in [-0.1, -0.05) is 40.2 Å². The van der Waals surface area contributed by atoms with Gasteiger partial charge in [0.2, 0.25) is 0 Å². The minimum atomic E-state index is -0.663. The number of anilines is 1. The second-order valence-corrected chi connectivity index (χ2v) is 9.27. The van der Waals surface area contributed by atoms with Crippen LogP contribution in [0.15, 0.2) is 58.6 Å². The third kappa shape index (κ3) is 4.70. The number of ether oxygens (including phenoxy) is 1. The van der Waals surface area contributed by atoms with Crippen LogP contribution in [0.1, 0.15) is 43.9 Å². The third-order valence-corrected chi connectivity index (χ3v) is 6.95. The molecule has 2 fully saturated rings. The normalized spacial score (nSPS) is 22.2. The number of carbonyl (C=O) groups excluding carboxylic acids is 2. The first kappa shape index (κ1) is 23.5. The fraction of sp³-hybridized carbons (Fsp3) is 0.385. The van der Waals surface area contributed by atoms with E-state index in [1.54, 1.807) is 29.2 Å². The van der Waals surface area contributed by atoms with E-state index in [9.17, 15) is 14.7 Å². The molecular formula is C26H29BrN2O4. The van der Waals surface area contributed by atoms with Crippen molar-refractivity contribution >= 4 is 39.1 Å². The molecule has 2 aliphatic heterocycles. The van der Waals surface area contributed by atoms with E-state index in [1.165, 1.54) is 0 Å². The number of Topliss-reactive ketones (excluding diaryl/α,β-unsaturated/α-hetero) is 1. The van der Waals surface area contributed by atoms with Crippen molar-refractivity contribution in [2.75, 3.05) is 31.1 Å². The van der Waals surface area contributed by atoms with E-state index in [0.29, 0.717) is 18.7 Å². The number of halogens is 1. The highest BCUT2D eigenvalue weighted by molar-refractivity contribution is 9.10. The predicted molar refractivity (Wildman–Crippen MR) is 132 cm³/mol. The summed E-state index contributed by atoms with van der Waals surface area (Å²) in [6, 6.07) is 14.3. The standard InChI is InChI=1S/C26H29BrN2O4/c1-3-28(4-2)20-13-9-17(10-14-20)23-22(24(30)18-7-11-19(27)12-8-18)25(31)26(32)29(23)16-21-6-5-15-33-21/h7-14,21,23,30H,3-6,15-16H2,1-2H3/b24-22-. The summed E-state index contributed by atoms with van der Waals surface area (Å²) in [6.45, 7) is 6.97. The maximum Gasteiger partial charge on any atom is 0.295 e. The zero-order chi connectivity index (χ0) is 23.5. The van der Waals surface area contributed by atoms with Crippen molar-refractivity contribution < 1.29 is 19.4 Å². The Morgan fingerprint density at radius 2 is 1.76 bits per heavy atom. The average Bonchev–Trinajstić information content (AvgIpc) is 3.43. The fourth-order valence-electron chi connectivity index (χ4n) is 4.64. The molecule has 1 N–H and O–H groups in total. The van der Waals surface area contributed by atoms with Gasteiger partial charge < -0.3 is 19.6 Å². The highest BCUT2D eigenvalue weighted by Crippen LogP contribution is 2.40. The topological polar surface area (TPSA) is 70.1 Å². The van der Waals surface area contributed by atoms with E-state index in [0.717, 1.165) is 41.7 Å². The molecule has 2 aliphatic rings. The summed E-state index contributed by atoms with van der Waals surface area (Å²) in [7, 11) is 0. The minimum Gasteiger partial charge on any atom is -0.507 e. The molecule has 0 aromatic heterocycles. The quantitative estimate of drug-likeness (QED) is 0.324. The van der Waals surface area contributed by atoms with E-state index >= 15 is 0 Å². The van der Waals surface area contributed by atoms with E-state index in [-0.39, 0.29) is 17.4 Å². The maximum absolute atomic E-state index is 13.2. The molecule has 33 heavy (non-hydrogen) atoms. The first-order valence-corrected chi connectivity index (χ1v) is 12.2. The van der Waals surface area contributed by atoms with Crippen LogP contribution in [0.2, 0.25) is 0 Å². The van der Waals surface area contributed by atoms with Crippen LogP contribution in [0.3, 0.4) is 0 Å². The van der Waals surface area contributed by atoms with Crippen molar-refractivity contribution in [3.63, 3.8) is 0 Å². The summed E-state index contributed by atoms with van der Waals surface area (Å²) < 4.78 is 6.62. The SMILES string of the molecule is CCN(CC)c1ccc(C2/C(=C(/O)c3ccc(Br)cc3)C(=O)C(=O)N2CC2CCCO2)cc1. The van der Waals surface area contributed by atoms with Gasteiger partial charge in [-0.2, -0.15) is 0 Å². The van der Waals surface area contributed by atoms with Gasteiger partial charge >= 0.3 is 0 Å². The largest absolute Gasteiger partial charge is 0.507 e. The molecule has 0 spiro atoms. The van der Waals surface area contributed by atoms with Crippen molar-refractivity contribution in [3.05, 3.63) is 69.7 Å². The molecular weight excluding hydrogens is 484 g/mol. The Labute approximate surface area is 203 Å². The van der Waals surface area contributed by atoms with Crippen molar-refractivity contribution in [2.45, 2.75) is 38.8 Å². The van der Waals surface area contributed by atoms with Gasteiger partial charge in [-0.15, -0.1) is 0 Å². The van der Waals surface area contributed by atoms with Gasteiger partial charge in [-0.25, -0.2) is 0 Å². The lowest BCUT2D eigenvalue weighted by molar-refractivity contribution is -0.140. The number of aliphatic hydroxyl groups excluding tert-OH is 1. The monoisotopic (exact) mass is 512 g/mol. The molecule has 4 rings (SSSR count). The van der Waals surface area contributed by atoms with Gasteiger partial charge in [0.25, 0.3) is 11.7 Å². The summed E-state index contributed by atoms with van der Waals surface area (Å²) in [4.78, 5) is 30.1. The summed E-state index contributed by atoms with van der Waals surface area (Å²) in [5.74, 6) is -1.42. The van der Waals surface area contributed by atoms with Crippen LogP contribution < -0.4 is 4.90 Å². The summed E-state index contributed by atoms with van der Waals surface area (Å²) in [6.07, 6.45) is 1.69. The Morgan fingerprint density at radius 1 is 1.09 bits per heavy atom. The molecule has 2 aromatic rings. The Morgan fingerprint density at radius 3 is 2.33 bits per heavy atom. The predicted octanol–water partition coefficient (Wildman–Crippen LogP) is 4.90. The van der Waals surface area contributed by atoms with Crippen LogP contribution in [-0.4, -0.2) is 54.0 Å². The number of carbonyl (C=O) groups is 2. The number of aliphatic hydroxyl groups is 1. The first-order valence-electron chi connectivity index (χ1n) is 11.5. The number of benzene rings is 2. The second-order valence-electron chi connectivity index (χ2n) is 8.36. The molecule has 2 saturated heterocycles. The van der Waals surface area contributed by atoms with Crippen molar-refractivity contribution in [1.82, 2.24) is 4.90 Å². The average molecular weight is 513 g/mol. The van der Waals surface area contributed by atoms with Crippen LogP contribution in [0.4, 0.5) is 5.69 Å². The van der Waals surface area contributed by atoms with Crippen molar-refractivity contribution in [3.8, 4) is 0 Å². The third-order valence-electron chi connectivity index (χ3n) is 6.42. The maximum atomic E-state index is 13.2. The van der Waals surface area contributed by atoms with Crippen molar-refractivity contribution in [2.24, 2.45) is 0 Å². The van der Waals surface area contributed by atoms with Gasteiger partial charge in [0.15, 0.2) is 0 Å². The fourth-order valence-corrected chi connectivity index (χ4v) is 4.91. The molecule has 2 unspecified atom stereocenters. The summed E-state index contributed by atoms with van der Waals surface area (Å²) in [5, 5.41) is 11.2. The van der Waals surface area contributed by atoms with Crippen LogP contribution in [0.25, 0.3) is 5.76 Å². The second kappa shape index (κ2) is 10.1. The molecule has 6 nitrogen and oxygen atoms in total. The van der Waals surface area contributed by atoms with E-state index in [1.807, 2.05) is 24.3 Å². The summed E-state index contributed by atoms with van der Waals surface area (Å²) in [5.41, 5.74) is 2.49. The Bertz CT molecular complexity index is 1040. The lowest BCUT2D eigenvalue weighted by atomic mass is 9.95. The molecule has 2 heterocycles. The zero-order valence-electron chi connectivity index (χ0n) is 19.0. The molecule has 0 aliphatic carbocycles. The van der Waals surface area contributed by atoms with Crippen LogP contribution in [-0.2, 0) is 14.3 Å². The number of hydrogen-bond donors (Lipinski definition) is 1. The molecule has 7 heteroatoms. The Balaban J connectivity index is 1.78. The van der Waals surface area contributed by atoms with Crippen molar-refractivity contribution in [1.29, 1.82) is 0 Å². The first-order chi connectivity index (χ1) is 15.9. The van der Waals surface area contributed by atoms with E-state index in [4.69, 9.17) is 4.74 Å². The number of rotatable bonds is 7. The van der Waals surface area contributed by atoms with Crippen LogP contribution in [0, 0.1) is 0 Å². The zero-order valence-corrected chi connectivity index (χ0v) is 20.5. The molecule has 0 bridgehead atoms. The number of nitrogens with zero attached hydrogens (tertiary/aromatic N) is 2. The van der Waals surface area contributed by atoms with Crippen LogP contribution >= 0.6 is 15.9 Å². The smallest absolute Gasteiger partial charge is 0.295 e. The summed E-state index contributed by atoms with van der Waals surface area (Å²) >= 11 is 3.39. The molecule has 1 amide bonds. The van der Waals surface area contributed by atoms with Gasteiger partial charge in [0.05, 0.1) is 17.7 Å². The molecule has 0 radical (unpaired) electrons. The number of amides is 1. The molecule has 174 valence electrons. The molecule has 2 atom stereocenters. The lowest BCUT2D eigenvalue weighted by Gasteiger charge is -2.28. The van der Waals surface area contributed by atoms with Gasteiger partial charge in [0, 0.05) is 42.0 Å². The van der Waals surface area contributed by atoms with Gasteiger partial charge in [-0.05, 0) is 56.5 Å². The Kier molecular flexibility index (Phi) is 7.20. The number of hydrogen-bond acceptors (Lipinski definition) is 5. The highest BCUT2D eigenvalue weighted by Gasteiger charge is 2.47. The van der Waals surface area contributed by atoms with Gasteiger partial charge in [0.1, 0.15) is 5.76 Å². The molecule has 0 saturated carbocycles. The van der Waals surface area contributed by atoms with Gasteiger partial charge in [-0.3, -0.25) is 9.59 Å². The van der Waals surface area contributed by atoms with E-state index in [2.05, 4.69) is 34.7 Å². The molecule has 2 aromatic carbocycles. The van der Waals surface area contributed by atoms with E-state index < -0.39 is 17.7 Å². The Hall–Kier alpha value is -2.64. The number of likely N-dealkylation sites (tertiary alicyclic amines) is 1. The highest BCUT2D eigenvalue weighted by atomic mass is 79.9.